The minimum Gasteiger partial charge on any atom is -0.495 e. The number of methoxy groups -OCH3 is 1. The summed E-state index contributed by atoms with van der Waals surface area (Å²) in [6, 6.07) is 36.0. The summed E-state index contributed by atoms with van der Waals surface area (Å²) in [5.41, 5.74) is 4.62. The van der Waals surface area contributed by atoms with E-state index in [1.807, 2.05) is 78.9 Å². The molecule has 6 rings (SSSR count). The number of hydrogen-bond donors (Lipinski definition) is 0. The molecule has 43 heavy (non-hydrogen) atoms. The lowest BCUT2D eigenvalue weighted by Crippen LogP contribution is -2.03. The smallest absolute Gasteiger partial charge is 0.309 e. The normalized spacial score (nSPS) is 11.5. The fourth-order valence-electron chi connectivity index (χ4n) is 5.48. The maximum absolute atomic E-state index is 13.3. The molecule has 0 heterocycles. The highest BCUT2D eigenvalue weighted by Crippen LogP contribution is 2.45. The lowest BCUT2D eigenvalue weighted by atomic mass is 9.85. The fourth-order valence-corrected chi connectivity index (χ4v) is 7.18. The van der Waals surface area contributed by atoms with Gasteiger partial charge in [-0.2, -0.15) is 10.9 Å². The van der Waals surface area contributed by atoms with Gasteiger partial charge in [0.05, 0.1) is 12.7 Å². The summed E-state index contributed by atoms with van der Waals surface area (Å²) in [5.74, 6) is 0.599. The van der Waals surface area contributed by atoms with Crippen LogP contribution in [0.2, 0.25) is 0 Å². The molecule has 214 valence electrons. The molecule has 0 radical (unpaired) electrons. The van der Waals surface area contributed by atoms with Gasteiger partial charge in [-0.25, -0.2) is 0 Å². The van der Waals surface area contributed by atoms with Gasteiger partial charge in [0.25, 0.3) is 0 Å². The number of carbonyl (C=O) groups is 1. The summed E-state index contributed by atoms with van der Waals surface area (Å²) in [7, 11) is -2.61. The minimum atomic E-state index is -4.04. The molecule has 0 aliphatic rings. The molecule has 0 amide bonds. The van der Waals surface area contributed by atoms with Crippen molar-refractivity contribution < 1.29 is 23.5 Å². The van der Waals surface area contributed by atoms with Crippen LogP contribution in [0.5, 0.6) is 11.5 Å². The molecule has 6 aromatic rings. The lowest BCUT2D eigenvalue weighted by molar-refractivity contribution is 0.103. The zero-order valence-corrected chi connectivity index (χ0v) is 27.7. The largest absolute Gasteiger partial charge is 0.495 e. The molecule has 0 unspecified atom stereocenters. The van der Waals surface area contributed by atoms with Crippen molar-refractivity contribution in [1.82, 2.24) is 0 Å². The van der Waals surface area contributed by atoms with E-state index in [2.05, 4.69) is 12.1 Å². The number of ether oxygens (including phenoxy) is 1. The van der Waals surface area contributed by atoms with Crippen LogP contribution >= 0.6 is 46.0 Å². The number of halogens is 2. The third-order valence-electron chi connectivity index (χ3n) is 7.39. The third kappa shape index (κ3) is 5.39. The van der Waals surface area contributed by atoms with Crippen molar-refractivity contribution in [3.8, 4) is 33.8 Å². The number of benzene rings is 6. The van der Waals surface area contributed by atoms with Crippen LogP contribution in [0.3, 0.4) is 0 Å². The van der Waals surface area contributed by atoms with Gasteiger partial charge < -0.3 is 7.80 Å². The molecule has 0 bridgehead atoms. The predicted molar refractivity (Wildman–Crippen MR) is 186 cm³/mol. The summed E-state index contributed by atoms with van der Waals surface area (Å²) in [6.45, 7) is 0. The van der Waals surface area contributed by atoms with Crippen LogP contribution in [0.1, 0.15) is 15.9 Å². The predicted octanol–water partition coefficient (Wildman–Crippen LogP) is 9.35. The molecule has 0 aromatic heterocycles. The number of fused-ring (bicyclic) bond motifs is 2. The van der Waals surface area contributed by atoms with Crippen molar-refractivity contribution in [2.45, 2.75) is 4.90 Å². The van der Waals surface area contributed by atoms with Gasteiger partial charge in [0.15, 0.2) is 28.8 Å². The Kier molecular flexibility index (Phi) is 8.40. The highest BCUT2D eigenvalue weighted by molar-refractivity contribution is 14.1. The van der Waals surface area contributed by atoms with Crippen LogP contribution in [-0.2, 0) is 12.6 Å². The van der Waals surface area contributed by atoms with Crippen molar-refractivity contribution in [3.63, 3.8) is 0 Å². The van der Waals surface area contributed by atoms with E-state index in [4.69, 9.17) is 10.3 Å². The van der Waals surface area contributed by atoms with Crippen LogP contribution in [-0.4, -0.2) is 21.3 Å². The first-order valence-electron chi connectivity index (χ1n) is 13.1. The quantitative estimate of drug-likeness (QED) is 0.0867. The zero-order valence-electron chi connectivity index (χ0n) is 22.6. The van der Waals surface area contributed by atoms with Gasteiger partial charge >= 0.3 is 10.1 Å². The molecule has 0 aliphatic heterocycles. The number of hydrogen-bond acceptors (Lipinski definition) is 6. The van der Waals surface area contributed by atoms with Crippen molar-refractivity contribution >= 4 is 83.5 Å². The van der Waals surface area contributed by atoms with Gasteiger partial charge in [-0.15, -0.1) is 0 Å². The second kappa shape index (κ2) is 12.2. The van der Waals surface area contributed by atoms with E-state index >= 15 is 0 Å². The molecule has 0 aliphatic carbocycles. The average molecular weight is 812 g/mol. The van der Waals surface area contributed by atoms with Gasteiger partial charge in [-0.05, 0) is 68.1 Å². The van der Waals surface area contributed by atoms with E-state index in [9.17, 15) is 13.2 Å². The number of rotatable bonds is 8. The average Bonchev–Trinajstić information content (AvgIpc) is 3.06. The van der Waals surface area contributed by atoms with E-state index < -0.39 is 10.1 Å². The Hall–Kier alpha value is -3.52. The zero-order chi connectivity index (χ0) is 30.1. The fraction of sp³-hybridized carbons (Fsp3) is 0.0294. The van der Waals surface area contributed by atoms with E-state index in [-0.39, 0.29) is 16.4 Å². The molecule has 0 fully saturated rings. The highest BCUT2D eigenvalue weighted by atomic mass is 127. The molecule has 0 saturated carbocycles. The van der Waals surface area contributed by atoms with E-state index in [0.29, 0.717) is 22.4 Å². The lowest BCUT2D eigenvalue weighted by Gasteiger charge is -2.18. The summed E-state index contributed by atoms with van der Waals surface area (Å²) in [5, 5.41) is 3.88. The van der Waals surface area contributed by atoms with Gasteiger partial charge in [0.1, 0.15) is 39.4 Å². The van der Waals surface area contributed by atoms with E-state index in [1.165, 1.54) is 30.1 Å². The van der Waals surface area contributed by atoms with Gasteiger partial charge in [0.2, 0.25) is 0 Å². The van der Waals surface area contributed by atoms with Crippen LogP contribution in [0.4, 0.5) is 0 Å². The summed E-state index contributed by atoms with van der Waals surface area (Å²) < 4.78 is 41.1. The Morgan fingerprint density at radius 1 is 0.628 bits per heavy atom. The van der Waals surface area contributed by atoms with Crippen LogP contribution in [0.15, 0.2) is 120 Å². The number of ketones is 1. The third-order valence-corrected chi connectivity index (χ3v) is 10.3. The van der Waals surface area contributed by atoms with Gasteiger partial charge in [-0.1, -0.05) is 91.0 Å². The van der Waals surface area contributed by atoms with Crippen molar-refractivity contribution in [3.05, 3.63) is 126 Å². The molecular formula is C34H22I2O6S. The maximum atomic E-state index is 13.3. The van der Waals surface area contributed by atoms with E-state index in [0.717, 1.165) is 38.2 Å². The summed E-state index contributed by atoms with van der Waals surface area (Å²) >= 11 is 3.16. The van der Waals surface area contributed by atoms with Crippen molar-refractivity contribution in [1.29, 1.82) is 0 Å². The molecule has 6 nitrogen and oxygen atoms in total. The molecule has 9 heteroatoms. The first kappa shape index (κ1) is 29.5. The number of para-hydroxylation sites is 1. The molecule has 0 N–H and O–H groups in total. The highest BCUT2D eigenvalue weighted by Gasteiger charge is 2.23. The Morgan fingerprint density at radius 2 is 1.14 bits per heavy atom. The van der Waals surface area contributed by atoms with Gasteiger partial charge in [-0.3, -0.25) is 4.79 Å². The standard InChI is InChI=1S/C34H22I2O6S/c1-40-30-19-18-23(20-31(30)43(38,39)42-36)33-26-10-4-2-8-24(26)32(25-9-3-5-11-27(25)33)21-14-16-22(17-15-21)34(37)28-12-6-7-13-29(28)41-35/h2-20H,1H3. The molecular weight excluding hydrogens is 790 g/mol. The minimum absolute atomic E-state index is 0.0473. The Labute approximate surface area is 277 Å². The molecule has 0 saturated heterocycles. The summed E-state index contributed by atoms with van der Waals surface area (Å²) in [6.07, 6.45) is 0. The van der Waals surface area contributed by atoms with Crippen molar-refractivity contribution in [2.75, 3.05) is 7.11 Å². The Bertz CT molecular complexity index is 2070. The van der Waals surface area contributed by atoms with Gasteiger partial charge in [0, 0.05) is 5.56 Å². The SMILES string of the molecule is COc1ccc(-c2c3ccccc3c(-c3ccc(C(=O)c4ccccc4OI)cc3)c3ccccc23)cc1S(=O)(=O)OI. The van der Waals surface area contributed by atoms with Crippen molar-refractivity contribution in [2.24, 2.45) is 0 Å². The first-order valence-corrected chi connectivity index (χ1v) is 16.2. The van der Waals surface area contributed by atoms with Crippen LogP contribution in [0, 0.1) is 0 Å². The first-order chi connectivity index (χ1) is 20.9. The van der Waals surface area contributed by atoms with Crippen LogP contribution in [0.25, 0.3) is 43.8 Å². The number of carbonyl (C=O) groups excluding carboxylic acids is 1. The maximum Gasteiger partial charge on any atom is 0.309 e. The Morgan fingerprint density at radius 3 is 1.67 bits per heavy atom. The monoisotopic (exact) mass is 812 g/mol. The molecule has 6 aromatic carbocycles. The van der Waals surface area contributed by atoms with E-state index in [1.54, 1.807) is 47.3 Å². The second-order valence-electron chi connectivity index (χ2n) is 9.70. The Balaban J connectivity index is 1.56. The second-order valence-corrected chi connectivity index (χ2v) is 12.7. The molecule has 0 spiro atoms. The van der Waals surface area contributed by atoms with Crippen LogP contribution < -0.4 is 7.80 Å². The molecule has 0 atom stereocenters. The topological polar surface area (TPSA) is 78.9 Å². The summed E-state index contributed by atoms with van der Waals surface area (Å²) in [4.78, 5) is 13.3.